The quantitative estimate of drug-likeness (QED) is 0.740. The molecule has 0 atom stereocenters. The number of carbonyl (C=O) groups is 1. The average Bonchev–Trinajstić information content (AvgIpc) is 2.71. The molecule has 0 spiro atoms. The molecule has 20 heavy (non-hydrogen) atoms. The fourth-order valence-corrected chi connectivity index (χ4v) is 1.78. The Bertz CT molecular complexity index is 484. The molecule has 1 heterocycles. The van der Waals surface area contributed by atoms with Gasteiger partial charge >= 0.3 is 0 Å². The molecule has 1 aliphatic heterocycles. The summed E-state index contributed by atoms with van der Waals surface area (Å²) in [6.07, 6.45) is 0.795. The topological polar surface area (TPSA) is 88.0 Å². The van der Waals surface area contributed by atoms with Gasteiger partial charge < -0.3 is 25.0 Å². The Balaban J connectivity index is 2.17. The molecule has 2 rings (SSSR count). The van der Waals surface area contributed by atoms with Gasteiger partial charge in [-0.1, -0.05) is 0 Å². The van der Waals surface area contributed by atoms with Crippen molar-refractivity contribution in [3.8, 4) is 11.5 Å². The molecular formula is C14H19NO5. The van der Waals surface area contributed by atoms with E-state index >= 15 is 0 Å². The van der Waals surface area contributed by atoms with E-state index in [-0.39, 0.29) is 19.1 Å². The smallest absolute Gasteiger partial charge is 0.252 e. The number of benzene rings is 1. The first-order chi connectivity index (χ1) is 9.58. The number of nitrogens with one attached hydrogen (secondary N) is 1. The predicted octanol–water partition coefficient (Wildman–Crippen LogP) is 0.321. The van der Waals surface area contributed by atoms with Crippen LogP contribution in [0.3, 0.4) is 0 Å². The molecular weight excluding hydrogens is 262 g/mol. The second-order valence-electron chi connectivity index (χ2n) is 5.04. The third-order valence-electron chi connectivity index (χ3n) is 3.12. The van der Waals surface area contributed by atoms with Gasteiger partial charge in [-0.2, -0.15) is 0 Å². The molecule has 0 aliphatic carbocycles. The molecule has 0 bridgehead atoms. The van der Waals surface area contributed by atoms with Crippen molar-refractivity contribution in [1.82, 2.24) is 5.32 Å². The Kier molecular flexibility index (Phi) is 4.46. The Morgan fingerprint density at radius 1 is 1.25 bits per heavy atom. The predicted molar refractivity (Wildman–Crippen MR) is 72.1 cm³/mol. The monoisotopic (exact) mass is 281 g/mol. The van der Waals surface area contributed by atoms with Crippen molar-refractivity contribution in [1.29, 1.82) is 0 Å². The molecule has 1 aliphatic rings. The van der Waals surface area contributed by atoms with Gasteiger partial charge in [-0.05, 0) is 25.1 Å². The Morgan fingerprint density at radius 2 is 1.90 bits per heavy atom. The number of ether oxygens (including phenoxy) is 2. The van der Waals surface area contributed by atoms with E-state index in [2.05, 4.69) is 5.32 Å². The van der Waals surface area contributed by atoms with Gasteiger partial charge in [-0.25, -0.2) is 0 Å². The van der Waals surface area contributed by atoms with Gasteiger partial charge in [0.15, 0.2) is 11.5 Å². The second-order valence-corrected chi connectivity index (χ2v) is 5.04. The van der Waals surface area contributed by atoms with Gasteiger partial charge in [0.2, 0.25) is 0 Å². The van der Waals surface area contributed by atoms with Crippen molar-refractivity contribution in [3.05, 3.63) is 23.8 Å². The van der Waals surface area contributed by atoms with Crippen molar-refractivity contribution < 1.29 is 24.5 Å². The number of amides is 1. The van der Waals surface area contributed by atoms with Crippen LogP contribution in [0.4, 0.5) is 0 Å². The molecule has 1 aromatic rings. The molecule has 3 N–H and O–H groups in total. The van der Waals surface area contributed by atoms with Crippen molar-refractivity contribution in [2.75, 3.05) is 26.4 Å². The maximum absolute atomic E-state index is 12.1. The lowest BCUT2D eigenvalue weighted by atomic mass is 10.0. The van der Waals surface area contributed by atoms with E-state index in [0.717, 1.165) is 6.42 Å². The van der Waals surface area contributed by atoms with Crippen LogP contribution in [0.2, 0.25) is 0 Å². The number of hydrogen-bond acceptors (Lipinski definition) is 5. The summed E-state index contributed by atoms with van der Waals surface area (Å²) in [6.45, 7) is 2.00. The van der Waals surface area contributed by atoms with Crippen LogP contribution in [0.1, 0.15) is 23.7 Å². The second kappa shape index (κ2) is 6.11. The standard InChI is InChI=1S/C14H19NO5/c1-14(8-16,9-17)15-13(18)10-3-4-11-12(7-10)20-6-2-5-19-11/h3-4,7,16-17H,2,5-6,8-9H2,1H3,(H,15,18). The van der Waals surface area contributed by atoms with Gasteiger partial charge in [0, 0.05) is 12.0 Å². The van der Waals surface area contributed by atoms with Crippen LogP contribution < -0.4 is 14.8 Å². The van der Waals surface area contributed by atoms with E-state index in [0.29, 0.717) is 30.3 Å². The minimum Gasteiger partial charge on any atom is -0.490 e. The molecule has 0 unspecified atom stereocenters. The first kappa shape index (κ1) is 14.6. The van der Waals surface area contributed by atoms with Gasteiger partial charge in [0.25, 0.3) is 5.91 Å². The largest absolute Gasteiger partial charge is 0.490 e. The van der Waals surface area contributed by atoms with Crippen LogP contribution in [-0.4, -0.2) is 48.1 Å². The van der Waals surface area contributed by atoms with Gasteiger partial charge in [-0.15, -0.1) is 0 Å². The highest BCUT2D eigenvalue weighted by molar-refractivity contribution is 5.95. The van der Waals surface area contributed by atoms with Crippen LogP contribution in [0, 0.1) is 0 Å². The highest BCUT2D eigenvalue weighted by Gasteiger charge is 2.25. The number of carbonyl (C=O) groups excluding carboxylic acids is 1. The molecule has 0 saturated carbocycles. The number of aliphatic hydroxyl groups excluding tert-OH is 2. The number of hydrogen-bond donors (Lipinski definition) is 3. The lowest BCUT2D eigenvalue weighted by Crippen LogP contribution is -2.51. The third kappa shape index (κ3) is 3.20. The molecule has 110 valence electrons. The highest BCUT2D eigenvalue weighted by atomic mass is 16.5. The third-order valence-corrected chi connectivity index (χ3v) is 3.12. The molecule has 1 aromatic carbocycles. The van der Waals surface area contributed by atoms with E-state index in [1.54, 1.807) is 25.1 Å². The van der Waals surface area contributed by atoms with Crippen LogP contribution in [-0.2, 0) is 0 Å². The highest BCUT2D eigenvalue weighted by Crippen LogP contribution is 2.30. The first-order valence-electron chi connectivity index (χ1n) is 6.52. The maximum atomic E-state index is 12.1. The van der Waals surface area contributed by atoms with Gasteiger partial charge in [0.05, 0.1) is 32.0 Å². The Labute approximate surface area is 117 Å². The van der Waals surface area contributed by atoms with E-state index in [1.807, 2.05) is 0 Å². The number of rotatable bonds is 4. The molecule has 1 amide bonds. The van der Waals surface area contributed by atoms with E-state index in [9.17, 15) is 15.0 Å². The molecule has 0 aromatic heterocycles. The van der Waals surface area contributed by atoms with Crippen molar-refractivity contribution in [3.63, 3.8) is 0 Å². The number of aliphatic hydroxyl groups is 2. The molecule has 6 heteroatoms. The van der Waals surface area contributed by atoms with Crippen molar-refractivity contribution in [2.24, 2.45) is 0 Å². The average molecular weight is 281 g/mol. The summed E-state index contributed by atoms with van der Waals surface area (Å²) in [7, 11) is 0. The normalized spacial score (nSPS) is 14.6. The fraction of sp³-hybridized carbons (Fsp3) is 0.500. The molecule has 0 fully saturated rings. The zero-order chi connectivity index (χ0) is 14.6. The first-order valence-corrected chi connectivity index (χ1v) is 6.52. The SMILES string of the molecule is CC(CO)(CO)NC(=O)c1ccc2c(c1)OCCCO2. The Morgan fingerprint density at radius 3 is 2.55 bits per heavy atom. The summed E-state index contributed by atoms with van der Waals surface area (Å²) in [4.78, 5) is 12.1. The fourth-order valence-electron chi connectivity index (χ4n) is 1.78. The minimum atomic E-state index is -1.05. The van der Waals surface area contributed by atoms with E-state index < -0.39 is 5.54 Å². The summed E-state index contributed by atoms with van der Waals surface area (Å²) in [5.74, 6) is 0.766. The van der Waals surface area contributed by atoms with Gasteiger partial charge in [-0.3, -0.25) is 4.79 Å². The lowest BCUT2D eigenvalue weighted by Gasteiger charge is -2.26. The molecule has 0 radical (unpaired) electrons. The van der Waals surface area contributed by atoms with Crippen LogP contribution in [0.15, 0.2) is 18.2 Å². The summed E-state index contributed by atoms with van der Waals surface area (Å²) in [5.41, 5.74) is -0.663. The zero-order valence-electron chi connectivity index (χ0n) is 11.4. The van der Waals surface area contributed by atoms with Gasteiger partial charge in [0.1, 0.15) is 0 Å². The van der Waals surface area contributed by atoms with Crippen molar-refractivity contribution >= 4 is 5.91 Å². The maximum Gasteiger partial charge on any atom is 0.252 e. The Hall–Kier alpha value is -1.79. The van der Waals surface area contributed by atoms with E-state index in [4.69, 9.17) is 9.47 Å². The number of fused-ring (bicyclic) bond motifs is 1. The summed E-state index contributed by atoms with van der Waals surface area (Å²) in [6, 6.07) is 4.91. The van der Waals surface area contributed by atoms with E-state index in [1.165, 1.54) is 0 Å². The van der Waals surface area contributed by atoms with Crippen molar-refractivity contribution in [2.45, 2.75) is 18.9 Å². The van der Waals surface area contributed by atoms with Crippen LogP contribution >= 0.6 is 0 Å². The summed E-state index contributed by atoms with van der Waals surface area (Å²) in [5, 5.41) is 21.0. The summed E-state index contributed by atoms with van der Waals surface area (Å²) >= 11 is 0. The molecule has 6 nitrogen and oxygen atoms in total. The summed E-state index contributed by atoms with van der Waals surface area (Å²) < 4.78 is 11.0. The van der Waals surface area contributed by atoms with Crippen LogP contribution in [0.5, 0.6) is 11.5 Å². The molecule has 0 saturated heterocycles. The minimum absolute atomic E-state index is 0.347. The van der Waals surface area contributed by atoms with Crippen LogP contribution in [0.25, 0.3) is 0 Å². The zero-order valence-corrected chi connectivity index (χ0v) is 11.4. The lowest BCUT2D eigenvalue weighted by molar-refractivity contribution is 0.0723.